The Kier molecular flexibility index (Phi) is 3.50. The second-order valence-corrected chi connectivity index (χ2v) is 5.79. The van der Waals surface area contributed by atoms with Gasteiger partial charge < -0.3 is 10.5 Å². The van der Waals surface area contributed by atoms with Crippen molar-refractivity contribution in [1.29, 1.82) is 0 Å². The van der Waals surface area contributed by atoms with Crippen LogP contribution in [0, 0.1) is 0 Å². The summed E-state index contributed by atoms with van der Waals surface area (Å²) in [5.41, 5.74) is 7.14. The molecule has 1 atom stereocenters. The van der Waals surface area contributed by atoms with E-state index in [1.807, 2.05) is 6.07 Å². The molecule has 2 heterocycles. The van der Waals surface area contributed by atoms with Crippen LogP contribution in [0.4, 0.5) is 13.2 Å². The van der Waals surface area contributed by atoms with Gasteiger partial charge >= 0.3 is 6.18 Å². The summed E-state index contributed by atoms with van der Waals surface area (Å²) in [7, 11) is 0. The summed E-state index contributed by atoms with van der Waals surface area (Å²) < 4.78 is 45.8. The lowest BCUT2D eigenvalue weighted by Gasteiger charge is -2.23. The van der Waals surface area contributed by atoms with Gasteiger partial charge in [-0.15, -0.1) is 10.2 Å². The summed E-state index contributed by atoms with van der Waals surface area (Å²) >= 11 is 0. The summed E-state index contributed by atoms with van der Waals surface area (Å²) in [6, 6.07) is 9.78. The Morgan fingerprint density at radius 2 is 1.92 bits per heavy atom. The molecular weight excluding hydrogens is 333 g/mol. The van der Waals surface area contributed by atoms with E-state index < -0.39 is 11.7 Å². The van der Waals surface area contributed by atoms with E-state index in [4.69, 9.17) is 10.5 Å². The van der Waals surface area contributed by atoms with Crippen molar-refractivity contribution in [3.05, 3.63) is 65.7 Å². The van der Waals surface area contributed by atoms with Crippen LogP contribution in [0.2, 0.25) is 0 Å². The molecule has 2 aromatic carbocycles. The van der Waals surface area contributed by atoms with Gasteiger partial charge in [-0.1, -0.05) is 6.07 Å². The number of hydrogen-bond donors (Lipinski definition) is 1. The van der Waals surface area contributed by atoms with Crippen LogP contribution in [0.3, 0.4) is 0 Å². The molecule has 1 unspecified atom stereocenters. The average Bonchev–Trinajstić information content (AvgIpc) is 3.05. The van der Waals surface area contributed by atoms with Crippen molar-refractivity contribution >= 4 is 0 Å². The van der Waals surface area contributed by atoms with Gasteiger partial charge in [0, 0.05) is 0 Å². The molecule has 0 spiro atoms. The summed E-state index contributed by atoms with van der Waals surface area (Å²) in [5.74, 6) is 1.25. The number of alkyl halides is 3. The number of hydrogen-bond acceptors (Lipinski definition) is 4. The third-order valence-electron chi connectivity index (χ3n) is 4.05. The van der Waals surface area contributed by atoms with Crippen molar-refractivity contribution in [3.63, 3.8) is 0 Å². The molecule has 1 aromatic heterocycles. The quantitative estimate of drug-likeness (QED) is 0.769. The van der Waals surface area contributed by atoms with Crippen LogP contribution in [0.25, 0.3) is 5.69 Å². The van der Waals surface area contributed by atoms with Gasteiger partial charge in [-0.05, 0) is 48.4 Å². The maximum absolute atomic E-state index is 12.8. The largest absolute Gasteiger partial charge is 0.457 e. The number of rotatable bonds is 2. The number of nitrogens with zero attached hydrogens (tertiary/aromatic N) is 3. The third kappa shape index (κ3) is 2.85. The first kappa shape index (κ1) is 15.6. The van der Waals surface area contributed by atoms with E-state index in [0.717, 1.165) is 23.4 Å². The van der Waals surface area contributed by atoms with E-state index in [1.54, 1.807) is 23.0 Å². The van der Waals surface area contributed by atoms with Crippen molar-refractivity contribution in [1.82, 2.24) is 14.8 Å². The lowest BCUT2D eigenvalue weighted by Crippen LogP contribution is -2.23. The molecular formula is C17H13F3N4O. The van der Waals surface area contributed by atoms with Gasteiger partial charge in [0.25, 0.3) is 0 Å². The van der Waals surface area contributed by atoms with Crippen molar-refractivity contribution in [3.8, 4) is 17.2 Å². The summed E-state index contributed by atoms with van der Waals surface area (Å²) in [6.07, 6.45) is -2.28. The fourth-order valence-electron chi connectivity index (χ4n) is 2.91. The predicted molar refractivity (Wildman–Crippen MR) is 83.5 cm³/mol. The van der Waals surface area contributed by atoms with Crippen LogP contribution < -0.4 is 10.5 Å². The van der Waals surface area contributed by atoms with Gasteiger partial charge in [0.2, 0.25) is 0 Å². The van der Waals surface area contributed by atoms with Crippen molar-refractivity contribution < 1.29 is 17.9 Å². The van der Waals surface area contributed by atoms with Crippen LogP contribution >= 0.6 is 0 Å². The highest BCUT2D eigenvalue weighted by Gasteiger charge is 2.30. The molecule has 128 valence electrons. The van der Waals surface area contributed by atoms with E-state index in [9.17, 15) is 13.2 Å². The first-order valence-corrected chi connectivity index (χ1v) is 7.56. The number of nitrogens with two attached hydrogens (primary N) is 1. The predicted octanol–water partition coefficient (Wildman–Crippen LogP) is 3.63. The molecule has 0 radical (unpaired) electrons. The fourth-order valence-corrected chi connectivity index (χ4v) is 2.91. The molecule has 1 aliphatic heterocycles. The fraction of sp³-hybridized carbons (Fsp3) is 0.176. The van der Waals surface area contributed by atoms with Gasteiger partial charge in [-0.25, -0.2) is 0 Å². The first-order valence-electron chi connectivity index (χ1n) is 7.56. The van der Waals surface area contributed by atoms with Gasteiger partial charge in [-0.3, -0.25) is 4.57 Å². The number of benzene rings is 2. The van der Waals surface area contributed by atoms with Gasteiger partial charge in [0.1, 0.15) is 17.8 Å². The molecule has 2 N–H and O–H groups in total. The van der Waals surface area contributed by atoms with Crippen molar-refractivity contribution in [2.45, 2.75) is 18.6 Å². The zero-order valence-corrected chi connectivity index (χ0v) is 12.9. The molecule has 0 bridgehead atoms. The molecule has 8 heteroatoms. The highest BCUT2D eigenvalue weighted by molar-refractivity contribution is 5.50. The minimum Gasteiger partial charge on any atom is -0.457 e. The number of fused-ring (bicyclic) bond motifs is 3. The second-order valence-electron chi connectivity index (χ2n) is 5.79. The van der Waals surface area contributed by atoms with Gasteiger partial charge in [0.15, 0.2) is 5.82 Å². The Balaban J connectivity index is 1.65. The van der Waals surface area contributed by atoms with E-state index in [1.165, 1.54) is 12.1 Å². The number of aromatic nitrogens is 3. The average molecular weight is 346 g/mol. The van der Waals surface area contributed by atoms with Gasteiger partial charge in [-0.2, -0.15) is 13.2 Å². The van der Waals surface area contributed by atoms with Crippen LogP contribution in [0.1, 0.15) is 23.0 Å². The molecule has 0 aliphatic carbocycles. The summed E-state index contributed by atoms with van der Waals surface area (Å²) in [6.45, 7) is 0. The minimum absolute atomic E-state index is 0.125. The smallest absolute Gasteiger partial charge is 0.416 e. The summed E-state index contributed by atoms with van der Waals surface area (Å²) in [4.78, 5) is 0. The lowest BCUT2D eigenvalue weighted by molar-refractivity contribution is -0.137. The topological polar surface area (TPSA) is 66.0 Å². The Bertz CT molecular complexity index is 936. The van der Waals surface area contributed by atoms with Crippen LogP contribution in [-0.4, -0.2) is 14.8 Å². The highest BCUT2D eigenvalue weighted by atomic mass is 19.4. The zero-order valence-electron chi connectivity index (χ0n) is 12.9. The highest BCUT2D eigenvalue weighted by Crippen LogP contribution is 2.35. The minimum atomic E-state index is -4.41. The maximum atomic E-state index is 12.8. The van der Waals surface area contributed by atoms with E-state index in [-0.39, 0.29) is 11.8 Å². The molecule has 0 saturated carbocycles. The molecule has 0 fully saturated rings. The molecule has 5 nitrogen and oxygen atoms in total. The first-order chi connectivity index (χ1) is 11.9. The molecule has 4 rings (SSSR count). The maximum Gasteiger partial charge on any atom is 0.416 e. The number of ether oxygens (including phenoxy) is 1. The standard InChI is InChI=1S/C17H13F3N4O/c18-17(19,20)11-2-1-3-12(8-11)25-13-4-5-15-10(6-13)7-14(21)16-23-22-9-24(15)16/h1-6,8-9,14H,7,21H2. The molecule has 3 aromatic rings. The van der Waals surface area contributed by atoms with Crippen LogP contribution in [0.5, 0.6) is 11.5 Å². The SMILES string of the molecule is NC1Cc2cc(Oc3cccc(C(F)(F)F)c3)ccc2-n2cnnc21. The van der Waals surface area contributed by atoms with Crippen LogP contribution in [-0.2, 0) is 12.6 Å². The molecule has 25 heavy (non-hydrogen) atoms. The van der Waals surface area contributed by atoms with Crippen molar-refractivity contribution in [2.75, 3.05) is 0 Å². The third-order valence-corrected chi connectivity index (χ3v) is 4.05. The van der Waals surface area contributed by atoms with Crippen molar-refractivity contribution in [2.24, 2.45) is 5.73 Å². The Hall–Kier alpha value is -2.87. The Morgan fingerprint density at radius 3 is 2.72 bits per heavy atom. The van der Waals surface area contributed by atoms with Crippen LogP contribution in [0.15, 0.2) is 48.8 Å². The zero-order chi connectivity index (χ0) is 17.6. The Labute approximate surface area is 140 Å². The van der Waals surface area contributed by atoms with Gasteiger partial charge in [0.05, 0.1) is 17.3 Å². The molecule has 0 saturated heterocycles. The summed E-state index contributed by atoms with van der Waals surface area (Å²) in [5, 5.41) is 7.88. The van der Waals surface area contributed by atoms with E-state index in [2.05, 4.69) is 10.2 Å². The lowest BCUT2D eigenvalue weighted by atomic mass is 9.99. The second kappa shape index (κ2) is 5.59. The van der Waals surface area contributed by atoms with E-state index >= 15 is 0 Å². The normalized spacial score (nSPS) is 16.2. The number of halogens is 3. The Morgan fingerprint density at radius 1 is 1.12 bits per heavy atom. The molecule has 1 aliphatic rings. The molecule has 0 amide bonds. The monoisotopic (exact) mass is 346 g/mol. The van der Waals surface area contributed by atoms with E-state index in [0.29, 0.717) is 18.0 Å².